The number of rotatable bonds is 8. The van der Waals surface area contributed by atoms with Gasteiger partial charge >= 0.3 is 0 Å². The molecule has 0 radical (unpaired) electrons. The summed E-state index contributed by atoms with van der Waals surface area (Å²) in [5, 5.41) is 3.31. The first-order valence-corrected chi connectivity index (χ1v) is 7.82. The topological polar surface area (TPSA) is 30.5 Å². The molecule has 0 aliphatic carbocycles. The number of nitrogens with one attached hydrogen (secondary N) is 1. The first kappa shape index (κ1) is 18.1. The highest BCUT2D eigenvalue weighted by Crippen LogP contribution is 2.19. The zero-order valence-electron chi connectivity index (χ0n) is 14.4. The number of hydrogen-bond acceptors (Lipinski definition) is 3. The normalized spacial score (nSPS) is 13.7. The van der Waals surface area contributed by atoms with E-state index in [-0.39, 0.29) is 11.6 Å². The first-order valence-electron chi connectivity index (χ1n) is 7.82. The van der Waals surface area contributed by atoms with Gasteiger partial charge in [0, 0.05) is 0 Å². The standard InChI is InChI=1S/C18H31NO2/c1-14(2)15-7-9-16(10-8-15)17(19-6)13-20-11-12-21-18(3,4)5/h7-10,14,17,19H,11-13H2,1-6H3. The third-order valence-corrected chi connectivity index (χ3v) is 3.40. The van der Waals surface area contributed by atoms with Gasteiger partial charge in [0.2, 0.25) is 0 Å². The van der Waals surface area contributed by atoms with Gasteiger partial charge in [0.15, 0.2) is 0 Å². The molecule has 1 atom stereocenters. The Morgan fingerprint density at radius 1 is 1.00 bits per heavy atom. The molecule has 0 aliphatic heterocycles. The number of benzene rings is 1. The molecule has 120 valence electrons. The summed E-state index contributed by atoms with van der Waals surface area (Å²) in [6.45, 7) is 12.5. The Hall–Kier alpha value is -0.900. The van der Waals surface area contributed by atoms with Crippen molar-refractivity contribution in [2.24, 2.45) is 0 Å². The van der Waals surface area contributed by atoms with E-state index in [1.54, 1.807) is 0 Å². The predicted molar refractivity (Wildman–Crippen MR) is 88.9 cm³/mol. The molecule has 1 aromatic rings. The molecule has 21 heavy (non-hydrogen) atoms. The van der Waals surface area contributed by atoms with E-state index in [0.717, 1.165) is 0 Å². The lowest BCUT2D eigenvalue weighted by Crippen LogP contribution is -2.25. The minimum Gasteiger partial charge on any atom is -0.377 e. The molecule has 0 fully saturated rings. The fourth-order valence-corrected chi connectivity index (χ4v) is 2.07. The molecule has 0 aliphatic rings. The molecule has 3 heteroatoms. The molecule has 0 bridgehead atoms. The average molecular weight is 293 g/mol. The summed E-state index contributed by atoms with van der Waals surface area (Å²) in [4.78, 5) is 0. The van der Waals surface area contributed by atoms with E-state index in [0.29, 0.717) is 25.7 Å². The van der Waals surface area contributed by atoms with Crippen molar-refractivity contribution >= 4 is 0 Å². The van der Waals surface area contributed by atoms with Gasteiger partial charge in [-0.25, -0.2) is 0 Å². The van der Waals surface area contributed by atoms with Crippen molar-refractivity contribution in [3.8, 4) is 0 Å². The van der Waals surface area contributed by atoms with Crippen LogP contribution in [0.25, 0.3) is 0 Å². The van der Waals surface area contributed by atoms with Gasteiger partial charge in [-0.3, -0.25) is 0 Å². The van der Waals surface area contributed by atoms with Crippen LogP contribution in [-0.4, -0.2) is 32.5 Å². The van der Waals surface area contributed by atoms with Crippen molar-refractivity contribution in [3.05, 3.63) is 35.4 Å². The molecule has 1 aromatic carbocycles. The van der Waals surface area contributed by atoms with Gasteiger partial charge < -0.3 is 14.8 Å². The molecule has 1 rings (SSSR count). The van der Waals surface area contributed by atoms with Gasteiger partial charge in [-0.2, -0.15) is 0 Å². The summed E-state index contributed by atoms with van der Waals surface area (Å²) < 4.78 is 11.4. The van der Waals surface area contributed by atoms with Gasteiger partial charge in [-0.05, 0) is 44.9 Å². The van der Waals surface area contributed by atoms with E-state index < -0.39 is 0 Å². The fraction of sp³-hybridized carbons (Fsp3) is 0.667. The summed E-state index contributed by atoms with van der Waals surface area (Å²) in [5.41, 5.74) is 2.53. The van der Waals surface area contributed by atoms with Crippen LogP contribution in [0.4, 0.5) is 0 Å². The second kappa shape index (κ2) is 8.52. The molecule has 0 amide bonds. The summed E-state index contributed by atoms with van der Waals surface area (Å²) in [5.74, 6) is 0.567. The van der Waals surface area contributed by atoms with Crippen LogP contribution < -0.4 is 5.32 Å². The van der Waals surface area contributed by atoms with Crippen molar-refractivity contribution < 1.29 is 9.47 Å². The first-order chi connectivity index (χ1) is 9.83. The highest BCUT2D eigenvalue weighted by Gasteiger charge is 2.11. The number of ether oxygens (including phenoxy) is 2. The Labute approximate surface area is 130 Å². The molecule has 0 heterocycles. The monoisotopic (exact) mass is 293 g/mol. The van der Waals surface area contributed by atoms with Gasteiger partial charge in [0.1, 0.15) is 0 Å². The quantitative estimate of drug-likeness (QED) is 0.737. The minimum atomic E-state index is -0.0988. The van der Waals surface area contributed by atoms with Gasteiger partial charge in [-0.1, -0.05) is 38.1 Å². The molecular weight excluding hydrogens is 262 g/mol. The zero-order chi connectivity index (χ0) is 15.9. The highest BCUT2D eigenvalue weighted by molar-refractivity contribution is 5.26. The SMILES string of the molecule is CNC(COCCOC(C)(C)C)c1ccc(C(C)C)cc1. The number of hydrogen-bond donors (Lipinski definition) is 1. The summed E-state index contributed by atoms with van der Waals surface area (Å²) in [6.07, 6.45) is 0. The van der Waals surface area contributed by atoms with Crippen molar-refractivity contribution in [3.63, 3.8) is 0 Å². The lowest BCUT2D eigenvalue weighted by molar-refractivity contribution is -0.0372. The van der Waals surface area contributed by atoms with E-state index in [1.807, 2.05) is 7.05 Å². The van der Waals surface area contributed by atoms with Crippen LogP contribution in [0.15, 0.2) is 24.3 Å². The molecular formula is C18H31NO2. The van der Waals surface area contributed by atoms with E-state index in [9.17, 15) is 0 Å². The molecule has 1 unspecified atom stereocenters. The molecule has 0 saturated carbocycles. The Kier molecular flexibility index (Phi) is 7.36. The fourth-order valence-electron chi connectivity index (χ4n) is 2.07. The highest BCUT2D eigenvalue weighted by atomic mass is 16.5. The van der Waals surface area contributed by atoms with E-state index in [1.165, 1.54) is 11.1 Å². The predicted octanol–water partition coefficient (Wildman–Crippen LogP) is 3.90. The van der Waals surface area contributed by atoms with Gasteiger partial charge in [-0.15, -0.1) is 0 Å². The smallest absolute Gasteiger partial charge is 0.0707 e. The Balaban J connectivity index is 2.40. The van der Waals surface area contributed by atoms with Crippen LogP contribution in [0.5, 0.6) is 0 Å². The second-order valence-electron chi connectivity index (χ2n) is 6.70. The van der Waals surface area contributed by atoms with E-state index in [4.69, 9.17) is 9.47 Å². The number of likely N-dealkylation sites (N-methyl/N-ethyl adjacent to an activating group) is 1. The Morgan fingerprint density at radius 2 is 1.57 bits per heavy atom. The largest absolute Gasteiger partial charge is 0.377 e. The molecule has 0 aromatic heterocycles. The van der Waals surface area contributed by atoms with Gasteiger partial charge in [0.25, 0.3) is 0 Å². The van der Waals surface area contributed by atoms with Crippen LogP contribution in [0.2, 0.25) is 0 Å². The molecule has 3 nitrogen and oxygen atoms in total. The minimum absolute atomic E-state index is 0.0988. The van der Waals surface area contributed by atoms with Crippen LogP contribution >= 0.6 is 0 Å². The Bertz CT molecular complexity index is 393. The maximum absolute atomic E-state index is 5.73. The van der Waals surface area contributed by atoms with Crippen molar-refractivity contribution in [2.45, 2.75) is 52.2 Å². The molecule has 1 N–H and O–H groups in total. The summed E-state index contributed by atoms with van der Waals surface area (Å²) in [6, 6.07) is 9.00. The lowest BCUT2D eigenvalue weighted by atomic mass is 9.99. The van der Waals surface area contributed by atoms with Crippen molar-refractivity contribution in [1.82, 2.24) is 5.32 Å². The summed E-state index contributed by atoms with van der Waals surface area (Å²) in [7, 11) is 1.97. The van der Waals surface area contributed by atoms with Crippen LogP contribution in [0.3, 0.4) is 0 Å². The third-order valence-electron chi connectivity index (χ3n) is 3.40. The van der Waals surface area contributed by atoms with Crippen molar-refractivity contribution in [1.29, 1.82) is 0 Å². The summed E-state index contributed by atoms with van der Waals surface area (Å²) >= 11 is 0. The zero-order valence-corrected chi connectivity index (χ0v) is 14.4. The van der Waals surface area contributed by atoms with E-state index >= 15 is 0 Å². The average Bonchev–Trinajstić information content (AvgIpc) is 2.42. The van der Waals surface area contributed by atoms with Crippen LogP contribution in [0.1, 0.15) is 57.7 Å². The Morgan fingerprint density at radius 3 is 2.05 bits per heavy atom. The van der Waals surface area contributed by atoms with Crippen molar-refractivity contribution in [2.75, 3.05) is 26.9 Å². The maximum atomic E-state index is 5.73. The van der Waals surface area contributed by atoms with Crippen LogP contribution in [-0.2, 0) is 9.47 Å². The molecule has 0 saturated heterocycles. The second-order valence-corrected chi connectivity index (χ2v) is 6.70. The maximum Gasteiger partial charge on any atom is 0.0707 e. The van der Waals surface area contributed by atoms with E-state index in [2.05, 4.69) is 64.2 Å². The molecule has 0 spiro atoms. The lowest BCUT2D eigenvalue weighted by Gasteiger charge is -2.21. The van der Waals surface area contributed by atoms with Crippen LogP contribution in [0, 0.1) is 0 Å². The van der Waals surface area contributed by atoms with Gasteiger partial charge in [0.05, 0.1) is 31.5 Å². The third kappa shape index (κ3) is 7.07.